The lowest BCUT2D eigenvalue weighted by molar-refractivity contribution is -0.104. The van der Waals surface area contributed by atoms with E-state index in [-0.39, 0.29) is 0 Å². The van der Waals surface area contributed by atoms with Crippen LogP contribution >= 0.6 is 0 Å². The molecule has 2 nitrogen and oxygen atoms in total. The Morgan fingerprint density at radius 2 is 1.36 bits per heavy atom. The lowest BCUT2D eigenvalue weighted by Gasteiger charge is -2.15. The van der Waals surface area contributed by atoms with E-state index < -0.39 is 5.79 Å². The van der Waals surface area contributed by atoms with Crippen LogP contribution in [0.15, 0.2) is 23.7 Å². The Balaban J connectivity index is 2.88. The van der Waals surface area contributed by atoms with Crippen LogP contribution in [0.2, 0.25) is 0 Å². The van der Waals surface area contributed by atoms with E-state index in [4.69, 9.17) is 9.47 Å². The van der Waals surface area contributed by atoms with Gasteiger partial charge < -0.3 is 9.47 Å². The summed E-state index contributed by atoms with van der Waals surface area (Å²) < 4.78 is 10.9. The van der Waals surface area contributed by atoms with Crippen molar-refractivity contribution in [3.8, 4) is 0 Å². The van der Waals surface area contributed by atoms with Crippen LogP contribution in [0.5, 0.6) is 0 Å². The molecule has 0 aromatic heterocycles. The molecule has 2 heteroatoms. The average Bonchev–Trinajstić information content (AvgIpc) is 2.25. The fourth-order valence-corrected chi connectivity index (χ4v) is 1.05. The van der Waals surface area contributed by atoms with Gasteiger partial charge >= 0.3 is 0 Å². The number of rotatable bonds is 0. The third kappa shape index (κ3) is 1.56. The minimum atomic E-state index is -0.496. The second kappa shape index (κ2) is 2.61. The molecule has 11 heavy (non-hydrogen) atoms. The summed E-state index contributed by atoms with van der Waals surface area (Å²) >= 11 is 0. The SMILES string of the molecule is C/C=C1/OC(C)(C)O/C1=C/C. The summed E-state index contributed by atoms with van der Waals surface area (Å²) in [6, 6.07) is 0. The van der Waals surface area contributed by atoms with Crippen LogP contribution in [0.25, 0.3) is 0 Å². The molecule has 1 aliphatic heterocycles. The van der Waals surface area contributed by atoms with Crippen molar-refractivity contribution >= 4 is 0 Å². The Morgan fingerprint density at radius 3 is 1.64 bits per heavy atom. The largest absolute Gasteiger partial charge is 0.449 e. The summed E-state index contributed by atoms with van der Waals surface area (Å²) in [5.74, 6) is 1.17. The highest BCUT2D eigenvalue weighted by Crippen LogP contribution is 2.33. The van der Waals surface area contributed by atoms with E-state index in [2.05, 4.69) is 0 Å². The molecule has 0 bridgehead atoms. The van der Waals surface area contributed by atoms with Crippen LogP contribution < -0.4 is 0 Å². The topological polar surface area (TPSA) is 18.5 Å². The molecule has 0 aliphatic carbocycles. The molecule has 0 atom stereocenters. The fourth-order valence-electron chi connectivity index (χ4n) is 1.05. The van der Waals surface area contributed by atoms with Gasteiger partial charge in [-0.3, -0.25) is 0 Å². The van der Waals surface area contributed by atoms with Gasteiger partial charge in [0.1, 0.15) is 0 Å². The molecule has 0 radical (unpaired) electrons. The normalized spacial score (nSPS) is 28.7. The maximum atomic E-state index is 5.47. The number of ether oxygens (including phenoxy) is 2. The van der Waals surface area contributed by atoms with Gasteiger partial charge in [-0.1, -0.05) is 0 Å². The van der Waals surface area contributed by atoms with Crippen molar-refractivity contribution < 1.29 is 9.47 Å². The fraction of sp³-hybridized carbons (Fsp3) is 0.556. The van der Waals surface area contributed by atoms with Crippen molar-refractivity contribution in [1.29, 1.82) is 0 Å². The Bertz CT molecular complexity index is 190. The molecule has 1 rings (SSSR count). The number of allylic oxidation sites excluding steroid dienone is 2. The van der Waals surface area contributed by atoms with Gasteiger partial charge in [-0.15, -0.1) is 0 Å². The van der Waals surface area contributed by atoms with Crippen LogP contribution in [0.1, 0.15) is 27.7 Å². The van der Waals surface area contributed by atoms with Gasteiger partial charge in [0.2, 0.25) is 5.79 Å². The van der Waals surface area contributed by atoms with Crippen LogP contribution in [0.3, 0.4) is 0 Å². The van der Waals surface area contributed by atoms with Crippen molar-refractivity contribution in [2.75, 3.05) is 0 Å². The standard InChI is InChI=1S/C9H14O2/c1-5-7-8(6-2)11-9(3,4)10-7/h5-6H,1-4H3/b7-5+,8-6+. The summed E-state index contributed by atoms with van der Waals surface area (Å²) in [5.41, 5.74) is 0. The van der Waals surface area contributed by atoms with Gasteiger partial charge in [-0.25, -0.2) is 0 Å². The van der Waals surface area contributed by atoms with Crippen LogP contribution in [-0.2, 0) is 9.47 Å². The average molecular weight is 154 g/mol. The quantitative estimate of drug-likeness (QED) is 0.534. The first-order chi connectivity index (χ1) is 5.09. The zero-order valence-electron chi connectivity index (χ0n) is 7.47. The molecule has 0 saturated carbocycles. The first-order valence-electron chi connectivity index (χ1n) is 3.80. The molecule has 1 fully saturated rings. The predicted molar refractivity (Wildman–Crippen MR) is 43.8 cm³/mol. The smallest absolute Gasteiger partial charge is 0.246 e. The molecule has 0 amide bonds. The zero-order chi connectivity index (χ0) is 8.48. The van der Waals surface area contributed by atoms with Gasteiger partial charge in [0.15, 0.2) is 11.5 Å². The molecular formula is C9H14O2. The molecule has 0 N–H and O–H groups in total. The molecular weight excluding hydrogens is 140 g/mol. The molecule has 0 spiro atoms. The lowest BCUT2D eigenvalue weighted by atomic mass is 10.4. The molecule has 0 aromatic rings. The summed E-state index contributed by atoms with van der Waals surface area (Å²) in [5, 5.41) is 0. The second-order valence-electron chi connectivity index (χ2n) is 2.91. The van der Waals surface area contributed by atoms with Crippen molar-refractivity contribution in [3.05, 3.63) is 23.7 Å². The Labute approximate surface area is 67.5 Å². The second-order valence-corrected chi connectivity index (χ2v) is 2.91. The lowest BCUT2D eigenvalue weighted by Crippen LogP contribution is -2.18. The first kappa shape index (κ1) is 8.18. The maximum absolute atomic E-state index is 5.47. The molecule has 62 valence electrons. The molecule has 0 unspecified atom stereocenters. The van der Waals surface area contributed by atoms with Crippen molar-refractivity contribution in [2.24, 2.45) is 0 Å². The third-order valence-electron chi connectivity index (χ3n) is 1.48. The van der Waals surface area contributed by atoms with E-state index in [0.29, 0.717) is 0 Å². The summed E-state index contributed by atoms with van der Waals surface area (Å²) in [7, 11) is 0. The molecule has 1 heterocycles. The number of hydrogen-bond acceptors (Lipinski definition) is 2. The van der Waals surface area contributed by atoms with Crippen molar-refractivity contribution in [1.82, 2.24) is 0 Å². The van der Waals surface area contributed by atoms with Gasteiger partial charge in [0, 0.05) is 13.8 Å². The first-order valence-corrected chi connectivity index (χ1v) is 3.80. The van der Waals surface area contributed by atoms with Crippen molar-refractivity contribution in [3.63, 3.8) is 0 Å². The predicted octanol–water partition coefficient (Wildman–Crippen LogP) is 2.58. The zero-order valence-corrected chi connectivity index (χ0v) is 7.47. The Kier molecular flexibility index (Phi) is 1.94. The molecule has 0 aromatic carbocycles. The summed E-state index contributed by atoms with van der Waals surface area (Å²) in [4.78, 5) is 0. The van der Waals surface area contributed by atoms with Gasteiger partial charge in [-0.05, 0) is 26.0 Å². The highest BCUT2D eigenvalue weighted by atomic mass is 16.7. The number of hydrogen-bond donors (Lipinski definition) is 0. The molecule has 1 aliphatic rings. The Morgan fingerprint density at radius 1 is 1.00 bits per heavy atom. The van der Waals surface area contributed by atoms with E-state index in [1.807, 2.05) is 39.8 Å². The van der Waals surface area contributed by atoms with Crippen LogP contribution in [0, 0.1) is 0 Å². The van der Waals surface area contributed by atoms with E-state index in [1.54, 1.807) is 0 Å². The van der Waals surface area contributed by atoms with Gasteiger partial charge in [0.25, 0.3) is 0 Å². The molecule has 1 saturated heterocycles. The monoisotopic (exact) mass is 154 g/mol. The van der Waals surface area contributed by atoms with Crippen LogP contribution in [0.4, 0.5) is 0 Å². The summed E-state index contributed by atoms with van der Waals surface area (Å²) in [6.07, 6.45) is 3.81. The van der Waals surface area contributed by atoms with Crippen LogP contribution in [-0.4, -0.2) is 5.79 Å². The van der Waals surface area contributed by atoms with E-state index >= 15 is 0 Å². The third-order valence-corrected chi connectivity index (χ3v) is 1.48. The highest BCUT2D eigenvalue weighted by molar-refractivity contribution is 5.22. The van der Waals surface area contributed by atoms with Crippen molar-refractivity contribution in [2.45, 2.75) is 33.5 Å². The minimum Gasteiger partial charge on any atom is -0.449 e. The highest BCUT2D eigenvalue weighted by Gasteiger charge is 2.32. The maximum Gasteiger partial charge on any atom is 0.246 e. The van der Waals surface area contributed by atoms with E-state index in [1.165, 1.54) is 0 Å². The van der Waals surface area contributed by atoms with Gasteiger partial charge in [-0.2, -0.15) is 0 Å². The van der Waals surface area contributed by atoms with E-state index in [0.717, 1.165) is 11.5 Å². The Hall–Kier alpha value is -0.920. The van der Waals surface area contributed by atoms with E-state index in [9.17, 15) is 0 Å². The summed E-state index contributed by atoms with van der Waals surface area (Å²) in [6.45, 7) is 7.66. The van der Waals surface area contributed by atoms with Gasteiger partial charge in [0.05, 0.1) is 0 Å². The minimum absolute atomic E-state index is 0.496.